The van der Waals surface area contributed by atoms with Crippen LogP contribution in [0.25, 0.3) is 6.08 Å². The summed E-state index contributed by atoms with van der Waals surface area (Å²) in [5.74, 6) is -1.45. The van der Waals surface area contributed by atoms with Crippen LogP contribution in [0.15, 0.2) is 132 Å². The SMILES string of the molecule is O=C(Nc1cccc(SC2CC(=O)N(c3ccc(I)cc3)C2=O)c1)/C(=C/C=C\c1ccccc1)NC(=O)c1ccccc1. The number of benzene rings is 4. The molecule has 9 heteroatoms. The molecule has 2 N–H and O–H groups in total. The molecule has 0 saturated carbocycles. The highest BCUT2D eigenvalue weighted by molar-refractivity contribution is 14.1. The summed E-state index contributed by atoms with van der Waals surface area (Å²) in [4.78, 5) is 54.0. The van der Waals surface area contributed by atoms with Gasteiger partial charge in [0.2, 0.25) is 11.8 Å². The normalized spacial score (nSPS) is 15.1. The van der Waals surface area contributed by atoms with Gasteiger partial charge in [0.1, 0.15) is 5.70 Å². The van der Waals surface area contributed by atoms with Crippen LogP contribution in [-0.2, 0) is 14.4 Å². The molecule has 7 nitrogen and oxygen atoms in total. The number of hydrogen-bond acceptors (Lipinski definition) is 5. The van der Waals surface area contributed by atoms with Crippen LogP contribution in [0, 0.1) is 3.57 Å². The van der Waals surface area contributed by atoms with Gasteiger partial charge in [0.05, 0.1) is 10.9 Å². The Kier molecular flexibility index (Phi) is 9.85. The monoisotopic (exact) mass is 699 g/mol. The zero-order chi connectivity index (χ0) is 30.2. The van der Waals surface area contributed by atoms with Gasteiger partial charge in [-0.25, -0.2) is 4.90 Å². The third-order valence-corrected chi connectivity index (χ3v) is 8.34. The lowest BCUT2D eigenvalue weighted by molar-refractivity contribution is -0.121. The zero-order valence-corrected chi connectivity index (χ0v) is 25.7. The van der Waals surface area contributed by atoms with Crippen molar-refractivity contribution in [1.82, 2.24) is 5.32 Å². The zero-order valence-electron chi connectivity index (χ0n) is 22.8. The van der Waals surface area contributed by atoms with Crippen molar-refractivity contribution in [2.45, 2.75) is 16.6 Å². The molecule has 1 aliphatic heterocycles. The Morgan fingerprint density at radius 1 is 0.860 bits per heavy atom. The lowest BCUT2D eigenvalue weighted by atomic mass is 10.2. The van der Waals surface area contributed by atoms with E-state index in [1.165, 1.54) is 16.7 Å². The number of nitrogens with zero attached hydrogens (tertiary/aromatic N) is 1. The minimum atomic E-state index is -0.582. The van der Waals surface area contributed by atoms with Crippen LogP contribution in [-0.4, -0.2) is 28.9 Å². The van der Waals surface area contributed by atoms with Crippen molar-refractivity contribution in [2.75, 3.05) is 10.2 Å². The first kappa shape index (κ1) is 30.0. The summed E-state index contributed by atoms with van der Waals surface area (Å²) in [6, 6.07) is 32.5. The van der Waals surface area contributed by atoms with E-state index >= 15 is 0 Å². The Labute approximate surface area is 267 Å². The maximum atomic E-state index is 13.4. The first-order chi connectivity index (χ1) is 20.9. The van der Waals surface area contributed by atoms with E-state index in [0.717, 1.165) is 14.0 Å². The van der Waals surface area contributed by atoms with Gasteiger partial charge >= 0.3 is 0 Å². The third-order valence-electron chi connectivity index (χ3n) is 6.44. The second-order valence-electron chi connectivity index (χ2n) is 9.51. The molecule has 0 spiro atoms. The number of thioether (sulfide) groups is 1. The lowest BCUT2D eigenvalue weighted by Crippen LogP contribution is -2.31. The van der Waals surface area contributed by atoms with Gasteiger partial charge in [-0.1, -0.05) is 66.7 Å². The maximum absolute atomic E-state index is 13.4. The molecular weight excluding hydrogens is 673 g/mol. The molecule has 0 bridgehead atoms. The van der Waals surface area contributed by atoms with Crippen LogP contribution in [0.5, 0.6) is 0 Å². The Morgan fingerprint density at radius 2 is 1.56 bits per heavy atom. The predicted molar refractivity (Wildman–Crippen MR) is 178 cm³/mol. The van der Waals surface area contributed by atoms with Gasteiger partial charge in [0.25, 0.3) is 11.8 Å². The molecular formula is C34H26IN3O4S. The number of rotatable bonds is 9. The summed E-state index contributed by atoms with van der Waals surface area (Å²) in [6.07, 6.45) is 5.16. The Balaban J connectivity index is 1.30. The van der Waals surface area contributed by atoms with Gasteiger partial charge in [-0.05, 0) is 88.8 Å². The van der Waals surface area contributed by atoms with E-state index in [1.807, 2.05) is 60.7 Å². The maximum Gasteiger partial charge on any atom is 0.272 e. The van der Waals surface area contributed by atoms with Gasteiger partial charge in [-0.15, -0.1) is 11.8 Å². The van der Waals surface area contributed by atoms with Gasteiger partial charge in [0, 0.05) is 26.1 Å². The molecule has 1 heterocycles. The molecule has 214 valence electrons. The second kappa shape index (κ2) is 14.1. The van der Waals surface area contributed by atoms with Crippen LogP contribution < -0.4 is 15.5 Å². The smallest absolute Gasteiger partial charge is 0.272 e. The summed E-state index contributed by atoms with van der Waals surface area (Å²) >= 11 is 3.44. The average Bonchev–Trinajstić information content (AvgIpc) is 3.30. The summed E-state index contributed by atoms with van der Waals surface area (Å²) in [5, 5.41) is 4.97. The number of anilines is 2. The van der Waals surface area contributed by atoms with Gasteiger partial charge in [0.15, 0.2) is 0 Å². The van der Waals surface area contributed by atoms with Crippen molar-refractivity contribution < 1.29 is 19.2 Å². The van der Waals surface area contributed by atoms with E-state index in [9.17, 15) is 19.2 Å². The number of carbonyl (C=O) groups excluding carboxylic acids is 4. The van der Waals surface area contributed by atoms with Crippen molar-refractivity contribution in [3.05, 3.63) is 142 Å². The number of halogens is 1. The molecule has 4 amide bonds. The standard InChI is InChI=1S/C34H26IN3O4S/c35-25-17-19-27(20-18-25)38-31(39)22-30(34(38)42)43-28-15-8-14-26(21-28)36-33(41)29(16-7-11-23-9-3-1-4-10-23)37-32(40)24-12-5-2-6-13-24/h1-21,30H,22H2,(H,36,41)(H,37,40)/b11-7-,29-16-. The highest BCUT2D eigenvalue weighted by atomic mass is 127. The van der Waals surface area contributed by atoms with E-state index in [1.54, 1.807) is 66.7 Å². The lowest BCUT2D eigenvalue weighted by Gasteiger charge is -2.15. The van der Waals surface area contributed by atoms with Crippen molar-refractivity contribution in [2.24, 2.45) is 0 Å². The van der Waals surface area contributed by atoms with Gasteiger partial charge in [-0.2, -0.15) is 0 Å². The largest absolute Gasteiger partial charge is 0.321 e. The van der Waals surface area contributed by atoms with Crippen molar-refractivity contribution >= 4 is 75.4 Å². The molecule has 4 aromatic carbocycles. The summed E-state index contributed by atoms with van der Waals surface area (Å²) in [5.41, 5.74) is 2.45. The van der Waals surface area contributed by atoms with E-state index in [4.69, 9.17) is 0 Å². The molecule has 1 aliphatic rings. The molecule has 43 heavy (non-hydrogen) atoms. The van der Waals surface area contributed by atoms with Gasteiger partial charge in [-0.3, -0.25) is 19.2 Å². The number of allylic oxidation sites excluding steroid dienone is 2. The molecule has 1 saturated heterocycles. The van der Waals surface area contributed by atoms with Crippen LogP contribution in [0.1, 0.15) is 22.3 Å². The molecule has 0 aromatic heterocycles. The average molecular weight is 700 g/mol. The highest BCUT2D eigenvalue weighted by Crippen LogP contribution is 2.35. The second-order valence-corrected chi connectivity index (χ2v) is 12.0. The van der Waals surface area contributed by atoms with Gasteiger partial charge < -0.3 is 10.6 Å². The molecule has 1 unspecified atom stereocenters. The Bertz CT molecular complexity index is 1710. The van der Waals surface area contributed by atoms with Crippen molar-refractivity contribution in [1.29, 1.82) is 0 Å². The van der Waals surface area contributed by atoms with Crippen molar-refractivity contribution in [3.63, 3.8) is 0 Å². The Hall–Kier alpha value is -4.48. The number of imide groups is 1. The number of nitrogens with one attached hydrogen (secondary N) is 2. The topological polar surface area (TPSA) is 95.6 Å². The molecule has 1 fully saturated rings. The first-order valence-electron chi connectivity index (χ1n) is 13.4. The van der Waals surface area contributed by atoms with E-state index < -0.39 is 17.1 Å². The van der Waals surface area contributed by atoms with Crippen LogP contribution in [0.3, 0.4) is 0 Å². The molecule has 1 atom stereocenters. The summed E-state index contributed by atoms with van der Waals surface area (Å²) in [7, 11) is 0. The number of carbonyl (C=O) groups is 4. The third kappa shape index (κ3) is 7.88. The van der Waals surface area contributed by atoms with Crippen LogP contribution in [0.4, 0.5) is 11.4 Å². The fraction of sp³-hybridized carbons (Fsp3) is 0.0588. The van der Waals surface area contributed by atoms with Crippen LogP contribution >= 0.6 is 34.4 Å². The van der Waals surface area contributed by atoms with E-state index in [-0.39, 0.29) is 23.9 Å². The fourth-order valence-corrected chi connectivity index (χ4v) is 5.82. The minimum Gasteiger partial charge on any atom is -0.321 e. The van der Waals surface area contributed by atoms with E-state index in [2.05, 4.69) is 33.2 Å². The number of amides is 4. The molecule has 0 radical (unpaired) electrons. The highest BCUT2D eigenvalue weighted by Gasteiger charge is 2.40. The fourth-order valence-electron chi connectivity index (χ4n) is 4.35. The van der Waals surface area contributed by atoms with Crippen molar-refractivity contribution in [3.8, 4) is 0 Å². The van der Waals surface area contributed by atoms with Crippen LogP contribution in [0.2, 0.25) is 0 Å². The molecule has 4 aromatic rings. The van der Waals surface area contributed by atoms with E-state index in [0.29, 0.717) is 16.9 Å². The molecule has 0 aliphatic carbocycles. The summed E-state index contributed by atoms with van der Waals surface area (Å²) < 4.78 is 1.01. The number of hydrogen-bond donors (Lipinski definition) is 2. The summed E-state index contributed by atoms with van der Waals surface area (Å²) in [6.45, 7) is 0. The quantitative estimate of drug-likeness (QED) is 0.0880. The first-order valence-corrected chi connectivity index (χ1v) is 15.3. The Morgan fingerprint density at radius 3 is 2.28 bits per heavy atom. The molecule has 5 rings (SSSR count). The minimum absolute atomic E-state index is 0.0591. The predicted octanol–water partition coefficient (Wildman–Crippen LogP) is 6.68.